The Morgan fingerprint density at radius 3 is 2.45 bits per heavy atom. The Labute approximate surface area is 128 Å². The minimum Gasteiger partial charge on any atom is -0.295 e. The van der Waals surface area contributed by atoms with Crippen LogP contribution in [0.2, 0.25) is 0 Å². The first kappa shape index (κ1) is 13.0. The molecule has 0 radical (unpaired) electrons. The predicted octanol–water partition coefficient (Wildman–Crippen LogP) is 4.80. The van der Waals surface area contributed by atoms with Crippen molar-refractivity contribution in [2.45, 2.75) is 13.3 Å². The zero-order chi connectivity index (χ0) is 15.3. The molecule has 0 saturated heterocycles. The van der Waals surface area contributed by atoms with Crippen molar-refractivity contribution >= 4 is 39.2 Å². The van der Waals surface area contributed by atoms with Crippen molar-refractivity contribution in [2.24, 2.45) is 0 Å². The lowest BCUT2D eigenvalue weighted by Crippen LogP contribution is -2.04. The lowest BCUT2D eigenvalue weighted by molar-refractivity contribution is 0.0991. The summed E-state index contributed by atoms with van der Waals surface area (Å²) in [7, 11) is 0. The molecule has 0 heterocycles. The molecule has 1 aliphatic rings. The van der Waals surface area contributed by atoms with Gasteiger partial charge in [0.15, 0.2) is 11.6 Å². The molecule has 22 heavy (non-hydrogen) atoms. The highest BCUT2D eigenvalue weighted by Gasteiger charge is 2.14. The Morgan fingerprint density at radius 2 is 1.64 bits per heavy atom. The average molecular weight is 286 g/mol. The number of fused-ring (bicyclic) bond motifs is 3. The van der Waals surface area contributed by atoms with Crippen molar-refractivity contribution in [2.75, 3.05) is 0 Å². The van der Waals surface area contributed by atoms with E-state index in [1.165, 1.54) is 0 Å². The average Bonchev–Trinajstić information content (AvgIpc) is 2.51. The second-order valence-electron chi connectivity index (χ2n) is 5.79. The fourth-order valence-corrected chi connectivity index (χ4v) is 3.07. The Bertz CT molecular complexity index is 993. The lowest BCUT2D eigenvalue weighted by atomic mass is 9.91. The number of allylic oxidation sites excluding steroid dienone is 1. The number of Topliss-reactive ketones (excluding diaryl/α,β-unsaturated/α-hetero) is 2. The van der Waals surface area contributed by atoms with E-state index < -0.39 is 0 Å². The van der Waals surface area contributed by atoms with Crippen LogP contribution in [0.3, 0.4) is 0 Å². The zero-order valence-corrected chi connectivity index (χ0v) is 12.2. The van der Waals surface area contributed by atoms with Gasteiger partial charge < -0.3 is 0 Å². The molecule has 106 valence electrons. The summed E-state index contributed by atoms with van der Waals surface area (Å²) in [4.78, 5) is 23.6. The molecule has 0 aliphatic heterocycles. The molecule has 0 aromatic heterocycles. The van der Waals surface area contributed by atoms with Gasteiger partial charge in [0.2, 0.25) is 0 Å². The van der Waals surface area contributed by atoms with Gasteiger partial charge in [-0.3, -0.25) is 9.59 Å². The standard InChI is InChI=1S/C20H14O2/c1-12(21)13-5-6-14-8-17-9-15-3-2-4-20(22)19(15)11-18(17)10-16(14)7-13/h2-3,5-11H,4H2,1H3. The number of hydrogen-bond donors (Lipinski definition) is 0. The van der Waals surface area contributed by atoms with Gasteiger partial charge in [0.1, 0.15) is 0 Å². The van der Waals surface area contributed by atoms with Crippen molar-refractivity contribution in [3.8, 4) is 0 Å². The fourth-order valence-electron chi connectivity index (χ4n) is 3.07. The molecule has 3 aromatic rings. The molecule has 0 unspecified atom stereocenters. The van der Waals surface area contributed by atoms with E-state index in [1.54, 1.807) is 6.92 Å². The van der Waals surface area contributed by atoms with Crippen LogP contribution in [0.1, 0.15) is 39.6 Å². The Hall–Kier alpha value is -2.74. The van der Waals surface area contributed by atoms with Gasteiger partial charge in [0.25, 0.3) is 0 Å². The summed E-state index contributed by atoms with van der Waals surface area (Å²) in [5.41, 5.74) is 2.49. The molecule has 0 spiro atoms. The van der Waals surface area contributed by atoms with E-state index in [0.717, 1.165) is 32.7 Å². The maximum Gasteiger partial charge on any atom is 0.167 e. The minimum absolute atomic E-state index is 0.0627. The number of ketones is 2. The summed E-state index contributed by atoms with van der Waals surface area (Å²) in [6.07, 6.45) is 4.40. The maximum atomic E-state index is 12.0. The van der Waals surface area contributed by atoms with Crippen molar-refractivity contribution in [1.29, 1.82) is 0 Å². The maximum absolute atomic E-state index is 12.0. The first-order valence-electron chi connectivity index (χ1n) is 7.34. The summed E-state index contributed by atoms with van der Waals surface area (Å²) in [5, 5.41) is 4.28. The molecule has 4 rings (SSSR count). The quantitative estimate of drug-likeness (QED) is 0.476. The van der Waals surface area contributed by atoms with Crippen LogP contribution in [0.25, 0.3) is 27.6 Å². The summed E-state index contributed by atoms with van der Waals surface area (Å²) >= 11 is 0. The number of rotatable bonds is 1. The van der Waals surface area contributed by atoms with Crippen LogP contribution in [0.15, 0.2) is 48.5 Å². The van der Waals surface area contributed by atoms with E-state index >= 15 is 0 Å². The smallest absolute Gasteiger partial charge is 0.167 e. The minimum atomic E-state index is 0.0627. The molecule has 1 aliphatic carbocycles. The summed E-state index contributed by atoms with van der Waals surface area (Å²) in [6.45, 7) is 1.57. The Morgan fingerprint density at radius 1 is 0.909 bits per heavy atom. The molecule has 0 N–H and O–H groups in total. The van der Waals surface area contributed by atoms with Gasteiger partial charge in [-0.25, -0.2) is 0 Å². The Balaban J connectivity index is 2.02. The van der Waals surface area contributed by atoms with Gasteiger partial charge in [0.05, 0.1) is 0 Å². The Kier molecular flexibility index (Phi) is 2.73. The van der Waals surface area contributed by atoms with Crippen molar-refractivity contribution in [1.82, 2.24) is 0 Å². The third-order valence-electron chi connectivity index (χ3n) is 4.27. The number of benzene rings is 3. The van der Waals surface area contributed by atoms with E-state index in [1.807, 2.05) is 36.4 Å². The van der Waals surface area contributed by atoms with Crippen molar-refractivity contribution in [3.05, 3.63) is 65.2 Å². The van der Waals surface area contributed by atoms with E-state index in [2.05, 4.69) is 18.2 Å². The van der Waals surface area contributed by atoms with Gasteiger partial charge >= 0.3 is 0 Å². The molecule has 3 aromatic carbocycles. The largest absolute Gasteiger partial charge is 0.295 e. The van der Waals surface area contributed by atoms with Crippen LogP contribution in [0, 0.1) is 0 Å². The number of carbonyl (C=O) groups excluding carboxylic acids is 2. The van der Waals surface area contributed by atoms with E-state index in [4.69, 9.17) is 0 Å². The van der Waals surface area contributed by atoms with Crippen LogP contribution < -0.4 is 0 Å². The molecular weight excluding hydrogens is 272 g/mol. The third kappa shape index (κ3) is 1.96. The second kappa shape index (κ2) is 4.63. The molecule has 0 amide bonds. The highest BCUT2D eigenvalue weighted by Crippen LogP contribution is 2.29. The fraction of sp³-hybridized carbons (Fsp3) is 0.100. The first-order valence-corrected chi connectivity index (χ1v) is 7.34. The molecule has 2 nitrogen and oxygen atoms in total. The zero-order valence-electron chi connectivity index (χ0n) is 12.2. The first-order chi connectivity index (χ1) is 10.6. The van der Waals surface area contributed by atoms with Gasteiger partial charge in [-0.2, -0.15) is 0 Å². The van der Waals surface area contributed by atoms with E-state index in [0.29, 0.717) is 12.0 Å². The third-order valence-corrected chi connectivity index (χ3v) is 4.27. The van der Waals surface area contributed by atoms with E-state index in [-0.39, 0.29) is 11.6 Å². The summed E-state index contributed by atoms with van der Waals surface area (Å²) in [6, 6.07) is 14.0. The molecule has 2 heteroatoms. The molecular formula is C20H14O2. The molecule has 0 fully saturated rings. The van der Waals surface area contributed by atoms with Crippen LogP contribution in [0.5, 0.6) is 0 Å². The summed E-state index contributed by atoms with van der Waals surface area (Å²) in [5.74, 6) is 0.227. The SMILES string of the molecule is CC(=O)c1ccc2cc3cc4c(cc3cc2c1)C(=O)CC=C4. The van der Waals surface area contributed by atoms with Crippen molar-refractivity contribution < 1.29 is 9.59 Å². The highest BCUT2D eigenvalue weighted by molar-refractivity contribution is 6.09. The monoisotopic (exact) mass is 286 g/mol. The number of carbonyl (C=O) groups is 2. The van der Waals surface area contributed by atoms with Crippen LogP contribution >= 0.6 is 0 Å². The normalized spacial score (nSPS) is 13.6. The molecule has 0 atom stereocenters. The van der Waals surface area contributed by atoms with Gasteiger partial charge in [0, 0.05) is 17.5 Å². The number of hydrogen-bond acceptors (Lipinski definition) is 2. The van der Waals surface area contributed by atoms with Crippen LogP contribution in [0.4, 0.5) is 0 Å². The lowest BCUT2D eigenvalue weighted by Gasteiger charge is -2.12. The topological polar surface area (TPSA) is 34.1 Å². The second-order valence-corrected chi connectivity index (χ2v) is 5.79. The van der Waals surface area contributed by atoms with Crippen LogP contribution in [-0.2, 0) is 0 Å². The molecule has 0 bridgehead atoms. The summed E-state index contributed by atoms with van der Waals surface area (Å²) < 4.78 is 0. The van der Waals surface area contributed by atoms with Gasteiger partial charge in [-0.15, -0.1) is 0 Å². The van der Waals surface area contributed by atoms with Gasteiger partial charge in [-0.05, 0) is 64.4 Å². The predicted molar refractivity (Wildman–Crippen MR) is 89.4 cm³/mol. The molecule has 0 saturated carbocycles. The van der Waals surface area contributed by atoms with E-state index in [9.17, 15) is 9.59 Å². The van der Waals surface area contributed by atoms with Crippen molar-refractivity contribution in [3.63, 3.8) is 0 Å². The van der Waals surface area contributed by atoms with Crippen LogP contribution in [-0.4, -0.2) is 11.6 Å². The van der Waals surface area contributed by atoms with Gasteiger partial charge in [-0.1, -0.05) is 24.3 Å². The highest BCUT2D eigenvalue weighted by atomic mass is 16.1.